The minimum atomic E-state index is -2.84. The molecule has 1 rings (SSSR count). The van der Waals surface area contributed by atoms with Gasteiger partial charge in [-0.05, 0) is 18.1 Å². The lowest BCUT2D eigenvalue weighted by atomic mass is 10.0. The number of hydrogen-bond acceptors (Lipinski definition) is 1. The number of halogens is 3. The van der Waals surface area contributed by atoms with Crippen molar-refractivity contribution in [2.75, 3.05) is 0 Å². The van der Waals surface area contributed by atoms with Crippen molar-refractivity contribution in [3.8, 4) is 0 Å². The van der Waals surface area contributed by atoms with Crippen molar-refractivity contribution in [3.05, 3.63) is 35.1 Å². The van der Waals surface area contributed by atoms with E-state index >= 15 is 0 Å². The Kier molecular flexibility index (Phi) is 3.68. The molecule has 0 N–H and O–H groups in total. The van der Waals surface area contributed by atoms with Gasteiger partial charge in [-0.25, -0.2) is 13.2 Å². The molecule has 1 aromatic rings. The van der Waals surface area contributed by atoms with Crippen molar-refractivity contribution in [1.29, 1.82) is 0 Å². The first-order valence-electron chi connectivity index (χ1n) is 4.16. The third-order valence-corrected chi connectivity index (χ3v) is 1.89. The number of alkyl halides is 2. The van der Waals surface area contributed by atoms with Gasteiger partial charge in [0.1, 0.15) is 12.1 Å². The van der Waals surface area contributed by atoms with Gasteiger partial charge in [-0.15, -0.1) is 0 Å². The van der Waals surface area contributed by atoms with Crippen molar-refractivity contribution >= 4 is 6.29 Å². The fraction of sp³-hybridized carbons (Fsp3) is 0.300. The molecule has 0 fully saturated rings. The van der Waals surface area contributed by atoms with Gasteiger partial charge in [-0.2, -0.15) is 0 Å². The summed E-state index contributed by atoms with van der Waals surface area (Å²) in [4.78, 5) is 10.1. The predicted octanol–water partition coefficient (Wildman–Crippen LogP) is 2.89. The second-order valence-electron chi connectivity index (χ2n) is 2.82. The maximum absolute atomic E-state index is 13.0. The predicted molar refractivity (Wildman–Crippen MR) is 45.7 cm³/mol. The van der Waals surface area contributed by atoms with Crippen LogP contribution in [-0.4, -0.2) is 6.29 Å². The highest BCUT2D eigenvalue weighted by Crippen LogP contribution is 2.26. The summed E-state index contributed by atoms with van der Waals surface area (Å²) in [6.07, 6.45) is -1.93. The second kappa shape index (κ2) is 4.79. The van der Waals surface area contributed by atoms with Gasteiger partial charge < -0.3 is 4.79 Å². The maximum Gasteiger partial charge on any atom is 0.266 e. The summed E-state index contributed by atoms with van der Waals surface area (Å²) in [5.74, 6) is -0.914. The van der Waals surface area contributed by atoms with Gasteiger partial charge in [0.05, 0.1) is 5.56 Å². The average Bonchev–Trinajstić information content (AvgIpc) is 2.14. The zero-order chi connectivity index (χ0) is 10.6. The molecular formula is C10H9F3O. The Hall–Kier alpha value is -1.32. The molecule has 0 saturated heterocycles. The van der Waals surface area contributed by atoms with Crippen LogP contribution in [0.4, 0.5) is 13.2 Å². The number of hydrogen-bond donors (Lipinski definition) is 0. The largest absolute Gasteiger partial charge is 0.303 e. The normalized spacial score (nSPS) is 10.6. The minimum absolute atomic E-state index is 0.128. The van der Waals surface area contributed by atoms with Gasteiger partial charge in [-0.1, -0.05) is 12.1 Å². The van der Waals surface area contributed by atoms with Gasteiger partial charge in [0.25, 0.3) is 6.43 Å². The molecule has 14 heavy (non-hydrogen) atoms. The lowest BCUT2D eigenvalue weighted by Gasteiger charge is -2.07. The molecule has 0 amide bonds. The monoisotopic (exact) mass is 202 g/mol. The number of carbonyl (C=O) groups excluding carboxylic acids is 1. The number of aryl methyl sites for hydroxylation is 1. The Labute approximate surface area is 79.5 Å². The van der Waals surface area contributed by atoms with Crippen molar-refractivity contribution in [1.82, 2.24) is 0 Å². The highest BCUT2D eigenvalue weighted by Gasteiger charge is 2.17. The maximum atomic E-state index is 13.0. The summed E-state index contributed by atoms with van der Waals surface area (Å²) in [6.45, 7) is 0. The molecule has 0 spiro atoms. The molecule has 0 aliphatic heterocycles. The van der Waals surface area contributed by atoms with E-state index in [9.17, 15) is 18.0 Å². The Morgan fingerprint density at radius 3 is 2.64 bits per heavy atom. The Morgan fingerprint density at radius 2 is 2.07 bits per heavy atom. The molecule has 4 heteroatoms. The summed E-state index contributed by atoms with van der Waals surface area (Å²) in [7, 11) is 0. The van der Waals surface area contributed by atoms with Crippen LogP contribution >= 0.6 is 0 Å². The van der Waals surface area contributed by atoms with Crippen molar-refractivity contribution < 1.29 is 18.0 Å². The van der Waals surface area contributed by atoms with Crippen LogP contribution in [0.1, 0.15) is 24.0 Å². The van der Waals surface area contributed by atoms with E-state index in [1.807, 2.05) is 0 Å². The van der Waals surface area contributed by atoms with Gasteiger partial charge in [0.15, 0.2) is 0 Å². The molecule has 0 unspecified atom stereocenters. The van der Waals surface area contributed by atoms with Crippen LogP contribution in [0.3, 0.4) is 0 Å². The SMILES string of the molecule is O=CCCc1cccc(F)c1C(F)F. The number of aldehydes is 1. The molecule has 1 nitrogen and oxygen atoms in total. The van der Waals surface area contributed by atoms with Crippen LogP contribution in [0.2, 0.25) is 0 Å². The molecule has 0 saturated carbocycles. The van der Waals surface area contributed by atoms with Crippen molar-refractivity contribution in [2.24, 2.45) is 0 Å². The zero-order valence-corrected chi connectivity index (χ0v) is 7.34. The second-order valence-corrected chi connectivity index (χ2v) is 2.82. The molecule has 0 aliphatic carbocycles. The summed E-state index contributed by atoms with van der Waals surface area (Å²) in [5, 5.41) is 0. The average molecular weight is 202 g/mol. The van der Waals surface area contributed by atoms with E-state index in [0.29, 0.717) is 6.29 Å². The first kappa shape index (κ1) is 10.8. The summed E-state index contributed by atoms with van der Waals surface area (Å²) in [5.41, 5.74) is -0.388. The van der Waals surface area contributed by atoms with Gasteiger partial charge >= 0.3 is 0 Å². The van der Waals surface area contributed by atoms with E-state index in [1.54, 1.807) is 0 Å². The standard InChI is InChI=1S/C10H9F3O/c11-8-5-1-3-7(4-2-6-14)9(8)10(12)13/h1,3,5-6,10H,2,4H2. The Balaban J connectivity index is 3.01. The lowest BCUT2D eigenvalue weighted by Crippen LogP contribution is -1.99. The molecule has 0 heterocycles. The molecule has 0 aromatic heterocycles. The molecule has 0 radical (unpaired) electrons. The van der Waals surface area contributed by atoms with E-state index in [4.69, 9.17) is 0 Å². The van der Waals surface area contributed by atoms with E-state index in [1.165, 1.54) is 12.1 Å². The van der Waals surface area contributed by atoms with E-state index in [0.717, 1.165) is 6.07 Å². The first-order valence-corrected chi connectivity index (χ1v) is 4.16. The number of rotatable bonds is 4. The number of carbonyl (C=O) groups is 1. The summed E-state index contributed by atoms with van der Waals surface area (Å²) < 4.78 is 37.7. The van der Waals surface area contributed by atoms with E-state index < -0.39 is 17.8 Å². The van der Waals surface area contributed by atoms with Crippen LogP contribution in [0, 0.1) is 5.82 Å². The molecule has 76 valence electrons. The molecule has 1 aromatic carbocycles. The summed E-state index contributed by atoms with van der Waals surface area (Å²) in [6, 6.07) is 3.77. The van der Waals surface area contributed by atoms with E-state index in [-0.39, 0.29) is 18.4 Å². The van der Waals surface area contributed by atoms with Gasteiger partial charge in [-0.3, -0.25) is 0 Å². The van der Waals surface area contributed by atoms with Crippen LogP contribution in [0.15, 0.2) is 18.2 Å². The first-order chi connectivity index (χ1) is 6.66. The fourth-order valence-electron chi connectivity index (χ4n) is 1.26. The lowest BCUT2D eigenvalue weighted by molar-refractivity contribution is -0.107. The van der Waals surface area contributed by atoms with Crippen LogP contribution in [0.5, 0.6) is 0 Å². The van der Waals surface area contributed by atoms with Crippen molar-refractivity contribution in [2.45, 2.75) is 19.3 Å². The Morgan fingerprint density at radius 1 is 1.36 bits per heavy atom. The van der Waals surface area contributed by atoms with E-state index in [2.05, 4.69) is 0 Å². The topological polar surface area (TPSA) is 17.1 Å². The summed E-state index contributed by atoms with van der Waals surface area (Å²) >= 11 is 0. The highest BCUT2D eigenvalue weighted by atomic mass is 19.3. The third-order valence-electron chi connectivity index (χ3n) is 1.89. The van der Waals surface area contributed by atoms with Gasteiger partial charge in [0, 0.05) is 6.42 Å². The third kappa shape index (κ3) is 2.34. The smallest absolute Gasteiger partial charge is 0.266 e. The Bertz CT molecular complexity index is 323. The fourth-order valence-corrected chi connectivity index (χ4v) is 1.26. The molecular weight excluding hydrogens is 193 g/mol. The quantitative estimate of drug-likeness (QED) is 0.686. The van der Waals surface area contributed by atoms with Crippen LogP contribution in [0.25, 0.3) is 0 Å². The molecule has 0 atom stereocenters. The van der Waals surface area contributed by atoms with Gasteiger partial charge in [0.2, 0.25) is 0 Å². The molecule has 0 aliphatic rings. The van der Waals surface area contributed by atoms with Crippen molar-refractivity contribution in [3.63, 3.8) is 0 Å². The minimum Gasteiger partial charge on any atom is -0.303 e. The highest BCUT2D eigenvalue weighted by molar-refractivity contribution is 5.50. The zero-order valence-electron chi connectivity index (χ0n) is 7.34. The van der Waals surface area contributed by atoms with Crippen LogP contribution in [-0.2, 0) is 11.2 Å². The number of benzene rings is 1. The molecule has 0 bridgehead atoms. The van der Waals surface area contributed by atoms with Crippen LogP contribution < -0.4 is 0 Å².